The maximum absolute atomic E-state index is 11.5. The average Bonchev–Trinajstić information content (AvgIpc) is 2.66. The molecule has 2 rings (SSSR count). The monoisotopic (exact) mass is 405 g/mol. The Labute approximate surface area is 166 Å². The van der Waals surface area contributed by atoms with Crippen LogP contribution in [0.25, 0.3) is 0 Å². The molecular weight excluding hydrogens is 389 g/mol. The first-order valence-electron chi connectivity index (χ1n) is 7.89. The summed E-state index contributed by atoms with van der Waals surface area (Å²) >= 11 is 12.4. The minimum atomic E-state index is -0.895. The van der Waals surface area contributed by atoms with E-state index in [0.717, 1.165) is 5.56 Å². The number of halogens is 2. The summed E-state index contributed by atoms with van der Waals surface area (Å²) in [6, 6.07) is 12.8. The van der Waals surface area contributed by atoms with Crippen molar-refractivity contribution in [2.45, 2.75) is 6.61 Å². The summed E-state index contributed by atoms with van der Waals surface area (Å²) in [6.45, 7) is 3.95. The van der Waals surface area contributed by atoms with Gasteiger partial charge in [0.2, 0.25) is 0 Å². The lowest BCUT2D eigenvalue weighted by atomic mass is 10.2. The molecule has 0 spiro atoms. The summed E-state index contributed by atoms with van der Waals surface area (Å²) < 4.78 is 5.68. The minimum Gasteiger partial charge on any atom is -0.486 e. The molecule has 2 aromatic carbocycles. The number of carbonyl (C=O) groups is 2. The fourth-order valence-electron chi connectivity index (χ4n) is 1.98. The number of ether oxygens (including phenoxy) is 1. The molecule has 0 aliphatic carbocycles. The Morgan fingerprint density at radius 2 is 1.78 bits per heavy atom. The summed E-state index contributed by atoms with van der Waals surface area (Å²) in [5.41, 5.74) is 3.62. The highest BCUT2D eigenvalue weighted by Gasteiger charge is 2.12. The largest absolute Gasteiger partial charge is 0.486 e. The highest BCUT2D eigenvalue weighted by Crippen LogP contribution is 2.34. The fraction of sp³-hybridized carbons (Fsp3) is 0.105. The van der Waals surface area contributed by atoms with Crippen molar-refractivity contribution in [3.8, 4) is 5.75 Å². The van der Waals surface area contributed by atoms with Crippen molar-refractivity contribution < 1.29 is 14.3 Å². The van der Waals surface area contributed by atoms with Gasteiger partial charge in [0.1, 0.15) is 6.61 Å². The molecule has 140 valence electrons. The van der Waals surface area contributed by atoms with Gasteiger partial charge >= 0.3 is 11.8 Å². The number of carbonyl (C=O) groups excluding carboxylic acids is 2. The highest BCUT2D eigenvalue weighted by atomic mass is 35.5. The molecule has 2 N–H and O–H groups in total. The van der Waals surface area contributed by atoms with E-state index >= 15 is 0 Å². The van der Waals surface area contributed by atoms with E-state index in [2.05, 4.69) is 22.4 Å². The first-order valence-corrected chi connectivity index (χ1v) is 8.64. The van der Waals surface area contributed by atoms with Gasteiger partial charge in [-0.2, -0.15) is 5.10 Å². The van der Waals surface area contributed by atoms with E-state index in [4.69, 9.17) is 27.9 Å². The Hall–Kier alpha value is -2.83. The van der Waals surface area contributed by atoms with Crippen LogP contribution in [0.2, 0.25) is 10.0 Å². The molecule has 2 aromatic rings. The summed E-state index contributed by atoms with van der Waals surface area (Å²) in [4.78, 5) is 22.9. The van der Waals surface area contributed by atoms with Crippen LogP contribution >= 0.6 is 23.2 Å². The SMILES string of the molecule is C=CCNC(=O)C(=O)N/N=C\c1cc(Cl)c(OCc2ccccc2)c(Cl)c1. The molecule has 8 heteroatoms. The van der Waals surface area contributed by atoms with Gasteiger partial charge in [-0.1, -0.05) is 59.6 Å². The number of benzene rings is 2. The van der Waals surface area contributed by atoms with Crippen molar-refractivity contribution in [2.75, 3.05) is 6.54 Å². The van der Waals surface area contributed by atoms with Gasteiger partial charge in [-0.05, 0) is 23.3 Å². The Morgan fingerprint density at radius 1 is 1.11 bits per heavy atom. The highest BCUT2D eigenvalue weighted by molar-refractivity contribution is 6.37. The third-order valence-corrected chi connectivity index (χ3v) is 3.80. The second kappa shape index (κ2) is 10.4. The Balaban J connectivity index is 1.98. The predicted molar refractivity (Wildman–Crippen MR) is 106 cm³/mol. The van der Waals surface area contributed by atoms with Gasteiger partial charge in [0.25, 0.3) is 0 Å². The van der Waals surface area contributed by atoms with Crippen LogP contribution in [0, 0.1) is 0 Å². The van der Waals surface area contributed by atoms with Crippen LogP contribution in [0.3, 0.4) is 0 Å². The molecule has 0 saturated heterocycles. The number of hydrogen-bond donors (Lipinski definition) is 2. The maximum Gasteiger partial charge on any atom is 0.329 e. The number of nitrogens with one attached hydrogen (secondary N) is 2. The lowest BCUT2D eigenvalue weighted by Gasteiger charge is -2.11. The number of hydrogen-bond acceptors (Lipinski definition) is 4. The molecule has 0 radical (unpaired) electrons. The van der Waals surface area contributed by atoms with Crippen molar-refractivity contribution in [1.29, 1.82) is 0 Å². The van der Waals surface area contributed by atoms with E-state index in [1.54, 1.807) is 12.1 Å². The molecule has 0 heterocycles. The fourth-order valence-corrected chi connectivity index (χ4v) is 2.60. The molecule has 0 aromatic heterocycles. The van der Waals surface area contributed by atoms with Crippen molar-refractivity contribution in [2.24, 2.45) is 5.10 Å². The van der Waals surface area contributed by atoms with Crippen LogP contribution in [0.15, 0.2) is 60.2 Å². The molecule has 0 bridgehead atoms. The summed E-state index contributed by atoms with van der Waals surface area (Å²) in [5, 5.41) is 6.64. The van der Waals surface area contributed by atoms with E-state index in [9.17, 15) is 9.59 Å². The zero-order chi connectivity index (χ0) is 19.6. The summed E-state index contributed by atoms with van der Waals surface area (Å²) in [7, 11) is 0. The first-order chi connectivity index (χ1) is 13.0. The van der Waals surface area contributed by atoms with Gasteiger partial charge in [-0.3, -0.25) is 9.59 Å². The van der Waals surface area contributed by atoms with Crippen molar-refractivity contribution in [3.63, 3.8) is 0 Å². The second-order valence-corrected chi connectivity index (χ2v) is 6.10. The first kappa shape index (κ1) is 20.5. The Morgan fingerprint density at radius 3 is 2.41 bits per heavy atom. The molecule has 0 saturated carbocycles. The van der Waals surface area contributed by atoms with Crippen LogP contribution in [0.1, 0.15) is 11.1 Å². The van der Waals surface area contributed by atoms with Gasteiger partial charge < -0.3 is 10.1 Å². The van der Waals surface area contributed by atoms with E-state index in [1.807, 2.05) is 30.3 Å². The third-order valence-electron chi connectivity index (χ3n) is 3.24. The van der Waals surface area contributed by atoms with Gasteiger partial charge in [-0.25, -0.2) is 5.43 Å². The van der Waals surface area contributed by atoms with Crippen LogP contribution in [0.4, 0.5) is 0 Å². The zero-order valence-electron chi connectivity index (χ0n) is 14.2. The Kier molecular flexibility index (Phi) is 7.85. The summed E-state index contributed by atoms with van der Waals surface area (Å²) in [6.07, 6.45) is 2.78. The van der Waals surface area contributed by atoms with Crippen LogP contribution in [0.5, 0.6) is 5.75 Å². The number of rotatable bonds is 7. The maximum atomic E-state index is 11.5. The molecule has 2 amide bonds. The van der Waals surface area contributed by atoms with Gasteiger partial charge in [0.05, 0.1) is 16.3 Å². The lowest BCUT2D eigenvalue weighted by molar-refractivity contribution is -0.139. The average molecular weight is 406 g/mol. The van der Waals surface area contributed by atoms with E-state index in [-0.39, 0.29) is 6.54 Å². The van der Waals surface area contributed by atoms with E-state index in [0.29, 0.717) is 28.0 Å². The second-order valence-electron chi connectivity index (χ2n) is 5.29. The molecular formula is C19H17Cl2N3O3. The van der Waals surface area contributed by atoms with Gasteiger partial charge in [0.15, 0.2) is 5.75 Å². The summed E-state index contributed by atoms with van der Waals surface area (Å²) in [5.74, 6) is -1.35. The predicted octanol–water partition coefficient (Wildman–Crippen LogP) is 3.32. The molecule has 27 heavy (non-hydrogen) atoms. The number of hydrazone groups is 1. The Bertz CT molecular complexity index is 832. The van der Waals surface area contributed by atoms with Crippen LogP contribution in [-0.2, 0) is 16.2 Å². The molecule has 0 atom stereocenters. The van der Waals surface area contributed by atoms with Crippen LogP contribution < -0.4 is 15.5 Å². The molecule has 6 nitrogen and oxygen atoms in total. The molecule has 0 aliphatic rings. The quantitative estimate of drug-likeness (QED) is 0.321. The van der Waals surface area contributed by atoms with Crippen molar-refractivity contribution >= 4 is 41.2 Å². The van der Waals surface area contributed by atoms with Gasteiger partial charge in [-0.15, -0.1) is 6.58 Å². The van der Waals surface area contributed by atoms with E-state index < -0.39 is 11.8 Å². The smallest absolute Gasteiger partial charge is 0.329 e. The van der Waals surface area contributed by atoms with E-state index in [1.165, 1.54) is 12.3 Å². The number of amides is 2. The minimum absolute atomic E-state index is 0.186. The van der Waals surface area contributed by atoms with Crippen molar-refractivity contribution in [3.05, 3.63) is 76.3 Å². The normalized spacial score (nSPS) is 10.4. The topological polar surface area (TPSA) is 79.8 Å². The standard InChI is InChI=1S/C19H17Cl2N3O3/c1-2-8-22-18(25)19(26)24-23-11-14-9-15(20)17(16(21)10-14)27-12-13-6-4-3-5-7-13/h2-7,9-11H,1,8,12H2,(H,22,25)(H,24,26)/b23-11-. The number of nitrogens with zero attached hydrogens (tertiary/aromatic N) is 1. The zero-order valence-corrected chi connectivity index (χ0v) is 15.8. The van der Waals surface area contributed by atoms with Crippen molar-refractivity contribution in [1.82, 2.24) is 10.7 Å². The molecule has 0 aliphatic heterocycles. The van der Waals surface area contributed by atoms with Crippen LogP contribution in [-0.4, -0.2) is 24.6 Å². The molecule has 0 unspecified atom stereocenters. The van der Waals surface area contributed by atoms with Gasteiger partial charge in [0, 0.05) is 6.54 Å². The lowest BCUT2D eigenvalue weighted by Crippen LogP contribution is -2.37. The molecule has 0 fully saturated rings. The third kappa shape index (κ3) is 6.44.